The van der Waals surface area contributed by atoms with Gasteiger partial charge in [0.1, 0.15) is 11.9 Å². The van der Waals surface area contributed by atoms with E-state index >= 15 is 0 Å². The van der Waals surface area contributed by atoms with Crippen LogP contribution in [0.3, 0.4) is 0 Å². The van der Waals surface area contributed by atoms with Crippen molar-refractivity contribution < 1.29 is 14.3 Å². The molecule has 0 aromatic heterocycles. The van der Waals surface area contributed by atoms with Crippen molar-refractivity contribution in [3.8, 4) is 5.75 Å². The molecule has 1 aromatic carbocycles. The average molecular weight is 306 g/mol. The van der Waals surface area contributed by atoms with Gasteiger partial charge in [-0.05, 0) is 18.4 Å². The first-order valence-electron chi connectivity index (χ1n) is 7.87. The lowest BCUT2D eigenvalue weighted by atomic mass is 9.96. The first kappa shape index (κ1) is 16.8. The lowest BCUT2D eigenvalue weighted by Crippen LogP contribution is -2.48. The first-order valence-corrected chi connectivity index (χ1v) is 7.87. The molecule has 2 N–H and O–H groups in total. The summed E-state index contributed by atoms with van der Waals surface area (Å²) in [5.74, 6) is 1.19. The number of rotatable bonds is 6. The third kappa shape index (κ3) is 4.45. The molecule has 5 nitrogen and oxygen atoms in total. The zero-order valence-corrected chi connectivity index (χ0v) is 13.6. The fourth-order valence-corrected chi connectivity index (χ4v) is 2.69. The highest BCUT2D eigenvalue weighted by atomic mass is 16.5. The van der Waals surface area contributed by atoms with Crippen LogP contribution in [0.15, 0.2) is 24.3 Å². The minimum absolute atomic E-state index is 0.0660. The van der Waals surface area contributed by atoms with E-state index in [2.05, 4.69) is 24.5 Å². The zero-order valence-electron chi connectivity index (χ0n) is 13.6. The molecule has 1 amide bonds. The third-order valence-electron chi connectivity index (χ3n) is 3.76. The van der Waals surface area contributed by atoms with Gasteiger partial charge in [-0.2, -0.15) is 0 Å². The Morgan fingerprint density at radius 3 is 2.86 bits per heavy atom. The lowest BCUT2D eigenvalue weighted by Gasteiger charge is -2.27. The van der Waals surface area contributed by atoms with E-state index < -0.39 is 6.10 Å². The number of hydrogen-bond acceptors (Lipinski definition) is 4. The predicted octanol–water partition coefficient (Wildman–Crippen LogP) is 1.89. The van der Waals surface area contributed by atoms with Crippen molar-refractivity contribution in [2.45, 2.75) is 32.4 Å². The van der Waals surface area contributed by atoms with E-state index in [9.17, 15) is 4.79 Å². The Balaban J connectivity index is 2.13. The van der Waals surface area contributed by atoms with E-state index in [1.807, 2.05) is 24.3 Å². The molecule has 2 rings (SSSR count). The number of carbonyl (C=O) groups is 1. The molecule has 1 aliphatic rings. The molecule has 1 heterocycles. The minimum Gasteiger partial charge on any atom is -0.496 e. The van der Waals surface area contributed by atoms with Crippen LogP contribution in [0.1, 0.15) is 31.9 Å². The number of methoxy groups -OCH3 is 1. The van der Waals surface area contributed by atoms with E-state index in [-0.39, 0.29) is 11.9 Å². The molecule has 2 unspecified atom stereocenters. The van der Waals surface area contributed by atoms with Crippen LogP contribution in [-0.2, 0) is 9.53 Å². The SMILES string of the molecule is COc1ccccc1C(CC(C)C)NC(=O)C1CNCCO1. The summed E-state index contributed by atoms with van der Waals surface area (Å²) in [7, 11) is 1.65. The van der Waals surface area contributed by atoms with Gasteiger partial charge in [-0.15, -0.1) is 0 Å². The van der Waals surface area contributed by atoms with Gasteiger partial charge in [-0.1, -0.05) is 32.0 Å². The fraction of sp³-hybridized carbons (Fsp3) is 0.588. The van der Waals surface area contributed by atoms with Crippen molar-refractivity contribution in [1.82, 2.24) is 10.6 Å². The number of hydrogen-bond donors (Lipinski definition) is 2. The van der Waals surface area contributed by atoms with Gasteiger partial charge < -0.3 is 20.1 Å². The zero-order chi connectivity index (χ0) is 15.9. The molecule has 0 aliphatic carbocycles. The van der Waals surface area contributed by atoms with Crippen LogP contribution in [-0.4, -0.2) is 38.8 Å². The summed E-state index contributed by atoms with van der Waals surface area (Å²) in [6.07, 6.45) is 0.435. The number of nitrogens with one attached hydrogen (secondary N) is 2. The minimum atomic E-state index is -0.418. The molecule has 122 valence electrons. The summed E-state index contributed by atoms with van der Waals surface area (Å²) in [5.41, 5.74) is 1.01. The van der Waals surface area contributed by atoms with Crippen molar-refractivity contribution in [3.05, 3.63) is 29.8 Å². The number of morpholine rings is 1. The van der Waals surface area contributed by atoms with Gasteiger partial charge in [0, 0.05) is 18.7 Å². The maximum absolute atomic E-state index is 12.4. The van der Waals surface area contributed by atoms with E-state index in [1.165, 1.54) is 0 Å². The Morgan fingerprint density at radius 1 is 1.45 bits per heavy atom. The second-order valence-corrected chi connectivity index (χ2v) is 6.00. The molecule has 0 bridgehead atoms. The molecule has 1 saturated heterocycles. The van der Waals surface area contributed by atoms with Crippen LogP contribution < -0.4 is 15.4 Å². The van der Waals surface area contributed by atoms with Crippen molar-refractivity contribution in [2.24, 2.45) is 5.92 Å². The number of ether oxygens (including phenoxy) is 2. The van der Waals surface area contributed by atoms with Gasteiger partial charge >= 0.3 is 0 Å². The second-order valence-electron chi connectivity index (χ2n) is 6.00. The smallest absolute Gasteiger partial charge is 0.250 e. The van der Waals surface area contributed by atoms with Crippen molar-refractivity contribution in [2.75, 3.05) is 26.8 Å². The number of carbonyl (C=O) groups excluding carboxylic acids is 1. The van der Waals surface area contributed by atoms with E-state index in [1.54, 1.807) is 7.11 Å². The molecule has 1 aliphatic heterocycles. The van der Waals surface area contributed by atoms with Crippen LogP contribution in [0.25, 0.3) is 0 Å². The maximum Gasteiger partial charge on any atom is 0.250 e. The standard InChI is InChI=1S/C17H26N2O3/c1-12(2)10-14(13-6-4-5-7-15(13)21-3)19-17(20)16-11-18-8-9-22-16/h4-7,12,14,16,18H,8-11H2,1-3H3,(H,19,20). The number of para-hydroxylation sites is 1. The summed E-state index contributed by atoms with van der Waals surface area (Å²) < 4.78 is 11.0. The van der Waals surface area contributed by atoms with Crippen LogP contribution in [0, 0.1) is 5.92 Å². The Morgan fingerprint density at radius 2 is 2.23 bits per heavy atom. The van der Waals surface area contributed by atoms with Crippen LogP contribution in [0.4, 0.5) is 0 Å². The molecular weight excluding hydrogens is 280 g/mol. The summed E-state index contributed by atoms with van der Waals surface area (Å²) in [6, 6.07) is 7.76. The third-order valence-corrected chi connectivity index (χ3v) is 3.76. The second kappa shape index (κ2) is 8.15. The molecule has 1 fully saturated rings. The summed E-state index contributed by atoms with van der Waals surface area (Å²) in [5, 5.41) is 6.31. The van der Waals surface area contributed by atoms with Crippen molar-refractivity contribution >= 4 is 5.91 Å². The first-order chi connectivity index (χ1) is 10.6. The van der Waals surface area contributed by atoms with Crippen molar-refractivity contribution in [3.63, 3.8) is 0 Å². The van der Waals surface area contributed by atoms with Gasteiger partial charge in [0.05, 0.1) is 19.8 Å². The van der Waals surface area contributed by atoms with E-state index in [4.69, 9.17) is 9.47 Å². The van der Waals surface area contributed by atoms with Gasteiger partial charge in [0.2, 0.25) is 0 Å². The van der Waals surface area contributed by atoms with Gasteiger partial charge in [-0.25, -0.2) is 0 Å². The molecule has 22 heavy (non-hydrogen) atoms. The van der Waals surface area contributed by atoms with Gasteiger partial charge in [0.25, 0.3) is 5.91 Å². The van der Waals surface area contributed by atoms with Crippen LogP contribution >= 0.6 is 0 Å². The Bertz CT molecular complexity index is 485. The lowest BCUT2D eigenvalue weighted by molar-refractivity contribution is -0.135. The Labute approximate surface area is 132 Å². The van der Waals surface area contributed by atoms with Crippen LogP contribution in [0.2, 0.25) is 0 Å². The molecule has 2 atom stereocenters. The number of amides is 1. The molecule has 0 radical (unpaired) electrons. The number of benzene rings is 1. The summed E-state index contributed by atoms with van der Waals surface area (Å²) in [6.45, 7) is 6.22. The Kier molecular flexibility index (Phi) is 6.21. The summed E-state index contributed by atoms with van der Waals surface area (Å²) >= 11 is 0. The van der Waals surface area contributed by atoms with Gasteiger partial charge in [-0.3, -0.25) is 4.79 Å². The van der Waals surface area contributed by atoms with Crippen molar-refractivity contribution in [1.29, 1.82) is 0 Å². The summed E-state index contributed by atoms with van der Waals surface area (Å²) in [4.78, 5) is 12.4. The highest BCUT2D eigenvalue weighted by Gasteiger charge is 2.26. The monoisotopic (exact) mass is 306 g/mol. The normalized spacial score (nSPS) is 19.7. The van der Waals surface area contributed by atoms with E-state index in [0.717, 1.165) is 24.3 Å². The molecular formula is C17H26N2O3. The quantitative estimate of drug-likeness (QED) is 0.842. The van der Waals surface area contributed by atoms with Gasteiger partial charge in [0.15, 0.2) is 0 Å². The Hall–Kier alpha value is -1.59. The molecule has 0 saturated carbocycles. The largest absolute Gasteiger partial charge is 0.496 e. The van der Waals surface area contributed by atoms with Crippen LogP contribution in [0.5, 0.6) is 5.75 Å². The molecule has 0 spiro atoms. The van der Waals surface area contributed by atoms with E-state index in [0.29, 0.717) is 19.1 Å². The molecule has 5 heteroatoms. The topological polar surface area (TPSA) is 59.6 Å². The predicted molar refractivity (Wildman–Crippen MR) is 85.9 cm³/mol. The highest BCUT2D eigenvalue weighted by Crippen LogP contribution is 2.29. The molecule has 1 aromatic rings. The fourth-order valence-electron chi connectivity index (χ4n) is 2.69. The highest BCUT2D eigenvalue weighted by molar-refractivity contribution is 5.81. The maximum atomic E-state index is 12.4. The average Bonchev–Trinajstić information content (AvgIpc) is 2.54.